The van der Waals surface area contributed by atoms with E-state index in [-0.39, 0.29) is 5.69 Å². The number of carboxylic acids is 1. The van der Waals surface area contributed by atoms with Gasteiger partial charge in [0.1, 0.15) is 12.2 Å². The second-order valence-electron chi connectivity index (χ2n) is 11.6. The molecule has 10 heteroatoms. The third-order valence-electron chi connectivity index (χ3n) is 8.54. The van der Waals surface area contributed by atoms with E-state index in [1.54, 1.807) is 66.7 Å². The number of aliphatic imine (C=N–C) groups is 1. The predicted octanol–water partition coefficient (Wildman–Crippen LogP) is 4.70. The lowest BCUT2D eigenvalue weighted by Crippen LogP contribution is -2.63. The second-order valence-corrected chi connectivity index (χ2v) is 11.6. The van der Waals surface area contributed by atoms with Gasteiger partial charge in [0.2, 0.25) is 12.1 Å². The van der Waals surface area contributed by atoms with E-state index in [9.17, 15) is 19.5 Å². The van der Waals surface area contributed by atoms with Crippen molar-refractivity contribution in [1.29, 1.82) is 0 Å². The molecule has 1 aromatic heterocycles. The zero-order chi connectivity index (χ0) is 33.3. The smallest absolute Gasteiger partial charge is 0.323 e. The lowest BCUT2D eigenvalue weighted by Gasteiger charge is -2.45. The van der Waals surface area contributed by atoms with Crippen LogP contribution in [0, 0.1) is 5.92 Å². The molecule has 2 atom stereocenters. The molecule has 0 radical (unpaired) electrons. The number of carbonyl (C=O) groups excluding carboxylic acids is 3. The molecular weight excluding hydrogens is 594 g/mol. The maximum Gasteiger partial charge on any atom is 0.323 e. The monoisotopic (exact) mass is 627 g/mol. The van der Waals surface area contributed by atoms with Crippen LogP contribution in [0.4, 0.5) is 5.69 Å². The van der Waals surface area contributed by atoms with Gasteiger partial charge in [0.25, 0.3) is 11.8 Å². The maximum absolute atomic E-state index is 15.0. The molecule has 1 aliphatic heterocycles. The van der Waals surface area contributed by atoms with Crippen LogP contribution in [0.5, 0.6) is 0 Å². The third kappa shape index (κ3) is 5.33. The average molecular weight is 628 g/mol. The summed E-state index contributed by atoms with van der Waals surface area (Å²) in [5.41, 5.74) is 7.75. The number of hydrogen-bond donors (Lipinski definition) is 3. The minimum atomic E-state index is -1.68. The molecule has 5 aromatic rings. The maximum atomic E-state index is 15.0. The summed E-state index contributed by atoms with van der Waals surface area (Å²) in [6, 6.07) is 33.8. The standard InChI is InChI=1S/C37H33N5O5/c1-23(2)37(36(38)47,26-16-7-4-8-17-26)42-29-20-12-10-18-27(29)32(24-13-5-3-6-14-24)39-33(35(42)46)40-34(45)30-21-25-15-9-11-19-28(25)41(30)22-31(43)44/h3-21,23,33H,22H2,1-2H3,(H2,38,47)(H,40,45)(H,43,44). The summed E-state index contributed by atoms with van der Waals surface area (Å²) >= 11 is 0. The molecule has 0 fully saturated rings. The van der Waals surface area contributed by atoms with Crippen LogP contribution >= 0.6 is 0 Å². The number of aromatic nitrogens is 1. The summed E-state index contributed by atoms with van der Waals surface area (Å²) in [7, 11) is 0. The fraction of sp³-hybridized carbons (Fsp3) is 0.162. The fourth-order valence-corrected chi connectivity index (χ4v) is 6.50. The Balaban J connectivity index is 1.58. The minimum absolute atomic E-state index is 0.0410. The van der Waals surface area contributed by atoms with E-state index >= 15 is 4.79 Å². The van der Waals surface area contributed by atoms with Crippen LogP contribution in [0.25, 0.3) is 10.9 Å². The highest BCUT2D eigenvalue weighted by molar-refractivity contribution is 6.22. The molecule has 3 amide bonds. The first kappa shape index (κ1) is 31.0. The van der Waals surface area contributed by atoms with E-state index in [0.717, 1.165) is 0 Å². The number of carboxylic acid groups (broad SMARTS) is 1. The normalized spacial score (nSPS) is 15.8. The number of fused-ring (bicyclic) bond motifs is 2. The summed E-state index contributed by atoms with van der Waals surface area (Å²) < 4.78 is 1.38. The molecule has 0 saturated heterocycles. The van der Waals surface area contributed by atoms with Crippen LogP contribution < -0.4 is 16.0 Å². The number of nitrogens with one attached hydrogen (secondary N) is 1. The molecule has 0 bridgehead atoms. The van der Waals surface area contributed by atoms with Gasteiger partial charge in [-0.2, -0.15) is 0 Å². The van der Waals surface area contributed by atoms with E-state index in [1.807, 2.05) is 62.4 Å². The van der Waals surface area contributed by atoms with Crippen LogP contribution in [0.3, 0.4) is 0 Å². The second kappa shape index (κ2) is 12.4. The van der Waals surface area contributed by atoms with Crippen LogP contribution in [0.1, 0.15) is 41.0 Å². The van der Waals surface area contributed by atoms with Crippen LogP contribution in [-0.2, 0) is 26.5 Å². The van der Waals surface area contributed by atoms with Gasteiger partial charge in [-0.15, -0.1) is 0 Å². The zero-order valence-electron chi connectivity index (χ0n) is 25.8. The van der Waals surface area contributed by atoms with Crippen LogP contribution in [0.2, 0.25) is 0 Å². The first-order valence-corrected chi connectivity index (χ1v) is 15.2. The van der Waals surface area contributed by atoms with Crippen molar-refractivity contribution in [3.8, 4) is 0 Å². The van der Waals surface area contributed by atoms with E-state index in [1.165, 1.54) is 9.47 Å². The molecule has 2 heterocycles. The molecule has 2 unspecified atom stereocenters. The number of hydrogen-bond acceptors (Lipinski definition) is 5. The number of nitrogens with two attached hydrogens (primary N) is 1. The van der Waals surface area contributed by atoms with Gasteiger partial charge in [-0.3, -0.25) is 24.1 Å². The van der Waals surface area contributed by atoms with Crippen molar-refractivity contribution in [2.24, 2.45) is 16.6 Å². The minimum Gasteiger partial charge on any atom is -0.480 e. The summed E-state index contributed by atoms with van der Waals surface area (Å²) in [6.45, 7) is 3.15. The molecular formula is C37H33N5O5. The summed E-state index contributed by atoms with van der Waals surface area (Å²) in [5, 5.41) is 13.1. The Labute approximate surface area is 271 Å². The van der Waals surface area contributed by atoms with E-state index in [4.69, 9.17) is 10.7 Å². The van der Waals surface area contributed by atoms with Gasteiger partial charge in [0, 0.05) is 22.0 Å². The highest BCUT2D eigenvalue weighted by Crippen LogP contribution is 2.43. The van der Waals surface area contributed by atoms with Gasteiger partial charge in [-0.05, 0) is 29.7 Å². The number of anilines is 1. The molecule has 4 N–H and O–H groups in total. The first-order valence-electron chi connectivity index (χ1n) is 15.2. The van der Waals surface area contributed by atoms with E-state index in [2.05, 4.69) is 5.32 Å². The van der Waals surface area contributed by atoms with Crippen molar-refractivity contribution in [3.63, 3.8) is 0 Å². The average Bonchev–Trinajstić information content (AvgIpc) is 3.38. The Morgan fingerprint density at radius 1 is 0.894 bits per heavy atom. The van der Waals surface area contributed by atoms with Gasteiger partial charge >= 0.3 is 5.97 Å². The van der Waals surface area contributed by atoms with Crippen molar-refractivity contribution in [1.82, 2.24) is 9.88 Å². The number of amides is 3. The van der Waals surface area contributed by atoms with Crippen molar-refractivity contribution in [2.75, 3.05) is 4.90 Å². The Hall–Kier alpha value is -6.03. The number of nitrogens with zero attached hydrogens (tertiary/aromatic N) is 3. The summed E-state index contributed by atoms with van der Waals surface area (Å²) in [5.74, 6) is -3.81. The molecule has 10 nitrogen and oxygen atoms in total. The number of rotatable bonds is 9. The predicted molar refractivity (Wildman–Crippen MR) is 179 cm³/mol. The molecule has 0 saturated carbocycles. The zero-order valence-corrected chi connectivity index (χ0v) is 25.8. The van der Waals surface area contributed by atoms with Gasteiger partial charge in [0.15, 0.2) is 5.54 Å². The SMILES string of the molecule is CC(C)C(C(N)=O)(c1ccccc1)N1C(=O)C(NC(=O)c2cc3ccccc3n2CC(=O)O)N=C(c2ccccc2)c2ccccc21. The number of primary amides is 1. The number of carbonyl (C=O) groups is 4. The molecule has 1 aliphatic rings. The lowest BCUT2D eigenvalue weighted by molar-refractivity contribution is -0.137. The van der Waals surface area contributed by atoms with Gasteiger partial charge in [0.05, 0.1) is 11.4 Å². The summed E-state index contributed by atoms with van der Waals surface area (Å²) in [6.07, 6.45) is -1.53. The van der Waals surface area contributed by atoms with Gasteiger partial charge < -0.3 is 20.7 Å². The highest BCUT2D eigenvalue weighted by atomic mass is 16.4. The Bertz CT molecular complexity index is 2040. The number of benzodiazepines with no additional fused rings is 1. The van der Waals surface area contributed by atoms with Crippen LogP contribution in [0.15, 0.2) is 120 Å². The highest BCUT2D eigenvalue weighted by Gasteiger charge is 2.53. The lowest BCUT2D eigenvalue weighted by atomic mass is 9.76. The molecule has 47 heavy (non-hydrogen) atoms. The van der Waals surface area contributed by atoms with Crippen LogP contribution in [-0.4, -0.2) is 45.2 Å². The Kier molecular flexibility index (Phi) is 8.17. The number of aliphatic carboxylic acids is 1. The first-order chi connectivity index (χ1) is 22.6. The van der Waals surface area contributed by atoms with E-state index in [0.29, 0.717) is 39.0 Å². The number of para-hydroxylation sites is 2. The van der Waals surface area contributed by atoms with Crippen molar-refractivity contribution >= 4 is 46.0 Å². The molecule has 0 aliphatic carbocycles. The van der Waals surface area contributed by atoms with Crippen molar-refractivity contribution in [3.05, 3.63) is 138 Å². The largest absolute Gasteiger partial charge is 0.480 e. The third-order valence-corrected chi connectivity index (χ3v) is 8.54. The fourth-order valence-electron chi connectivity index (χ4n) is 6.50. The molecule has 0 spiro atoms. The quantitative estimate of drug-likeness (QED) is 0.217. The molecule has 236 valence electrons. The van der Waals surface area contributed by atoms with E-state index < -0.39 is 47.9 Å². The van der Waals surface area contributed by atoms with Crippen molar-refractivity contribution < 1.29 is 24.3 Å². The Morgan fingerprint density at radius 3 is 2.17 bits per heavy atom. The topological polar surface area (TPSA) is 147 Å². The molecule has 6 rings (SSSR count). The Morgan fingerprint density at radius 2 is 1.51 bits per heavy atom. The van der Waals surface area contributed by atoms with Crippen molar-refractivity contribution in [2.45, 2.75) is 32.1 Å². The van der Waals surface area contributed by atoms with Gasteiger partial charge in [-0.1, -0.05) is 111 Å². The summed E-state index contributed by atoms with van der Waals surface area (Å²) in [4.78, 5) is 61.0. The van der Waals surface area contributed by atoms with Gasteiger partial charge in [-0.25, -0.2) is 4.99 Å². The number of benzene rings is 4. The molecule has 4 aromatic carbocycles.